The van der Waals surface area contributed by atoms with Gasteiger partial charge in [-0.3, -0.25) is 4.79 Å². The molecule has 1 heterocycles. The maximum atomic E-state index is 12.1. The number of nitrogen functional groups attached to an aromatic ring is 1. The standard InChI is InChI=1S/C14H16N2OS/c1-8-6-9(2)12(10(3)7-8)16-14(17)13-11(15)4-5-18-13/h4-7H,15H2,1-3H3,(H,16,17). The summed E-state index contributed by atoms with van der Waals surface area (Å²) in [6, 6.07) is 5.86. The van der Waals surface area contributed by atoms with Crippen LogP contribution in [0.1, 0.15) is 26.4 Å². The fourth-order valence-corrected chi connectivity index (χ4v) is 2.76. The van der Waals surface area contributed by atoms with E-state index in [4.69, 9.17) is 5.73 Å². The monoisotopic (exact) mass is 260 g/mol. The third-order valence-corrected chi connectivity index (χ3v) is 3.75. The van der Waals surface area contributed by atoms with Gasteiger partial charge in [-0.2, -0.15) is 0 Å². The van der Waals surface area contributed by atoms with Crippen LogP contribution in [0.25, 0.3) is 0 Å². The van der Waals surface area contributed by atoms with Gasteiger partial charge in [0.25, 0.3) is 5.91 Å². The van der Waals surface area contributed by atoms with E-state index in [1.165, 1.54) is 16.9 Å². The zero-order chi connectivity index (χ0) is 13.3. The molecule has 1 aromatic carbocycles. The Bertz CT molecular complexity index is 579. The van der Waals surface area contributed by atoms with Gasteiger partial charge in [0.15, 0.2) is 0 Å². The third-order valence-electron chi connectivity index (χ3n) is 2.82. The molecule has 2 rings (SSSR count). The maximum absolute atomic E-state index is 12.1. The second-order valence-corrected chi connectivity index (χ2v) is 5.35. The van der Waals surface area contributed by atoms with Crippen molar-refractivity contribution in [2.45, 2.75) is 20.8 Å². The van der Waals surface area contributed by atoms with Crippen molar-refractivity contribution in [3.8, 4) is 0 Å². The number of anilines is 2. The van der Waals surface area contributed by atoms with E-state index >= 15 is 0 Å². The topological polar surface area (TPSA) is 55.1 Å². The molecular weight excluding hydrogens is 244 g/mol. The molecule has 0 saturated heterocycles. The highest BCUT2D eigenvalue weighted by atomic mass is 32.1. The number of nitrogens with two attached hydrogens (primary N) is 1. The van der Waals surface area contributed by atoms with E-state index in [0.29, 0.717) is 10.6 Å². The first-order valence-corrected chi connectivity index (χ1v) is 6.59. The molecule has 0 unspecified atom stereocenters. The average Bonchev–Trinajstić information content (AvgIpc) is 2.69. The second kappa shape index (κ2) is 4.82. The average molecular weight is 260 g/mol. The lowest BCUT2D eigenvalue weighted by Gasteiger charge is -2.12. The molecule has 0 bridgehead atoms. The summed E-state index contributed by atoms with van der Waals surface area (Å²) in [4.78, 5) is 12.7. The van der Waals surface area contributed by atoms with E-state index in [9.17, 15) is 4.79 Å². The molecule has 3 nitrogen and oxygen atoms in total. The minimum atomic E-state index is -0.141. The van der Waals surface area contributed by atoms with Crippen LogP contribution in [0.5, 0.6) is 0 Å². The first kappa shape index (κ1) is 12.6. The largest absolute Gasteiger partial charge is 0.397 e. The molecule has 4 heteroatoms. The Kier molecular flexibility index (Phi) is 3.39. The van der Waals surface area contributed by atoms with Gasteiger partial charge in [0.2, 0.25) is 0 Å². The molecule has 0 saturated carbocycles. The van der Waals surface area contributed by atoms with Gasteiger partial charge in [-0.25, -0.2) is 0 Å². The molecule has 2 aromatic rings. The molecule has 0 spiro atoms. The van der Waals surface area contributed by atoms with Crippen LogP contribution in [0.15, 0.2) is 23.6 Å². The van der Waals surface area contributed by atoms with Crippen molar-refractivity contribution in [3.63, 3.8) is 0 Å². The van der Waals surface area contributed by atoms with E-state index in [1.54, 1.807) is 6.07 Å². The Balaban J connectivity index is 2.31. The SMILES string of the molecule is Cc1cc(C)c(NC(=O)c2sccc2N)c(C)c1. The van der Waals surface area contributed by atoms with Gasteiger partial charge in [0.1, 0.15) is 4.88 Å². The molecule has 0 radical (unpaired) electrons. The molecule has 0 atom stereocenters. The van der Waals surface area contributed by atoms with Gasteiger partial charge >= 0.3 is 0 Å². The predicted molar refractivity (Wildman–Crippen MR) is 77.3 cm³/mol. The number of aryl methyl sites for hydroxylation is 3. The van der Waals surface area contributed by atoms with Crippen molar-refractivity contribution in [1.29, 1.82) is 0 Å². The number of hydrogen-bond donors (Lipinski definition) is 2. The zero-order valence-electron chi connectivity index (χ0n) is 10.7. The van der Waals surface area contributed by atoms with Gasteiger partial charge in [-0.1, -0.05) is 17.7 Å². The summed E-state index contributed by atoms with van der Waals surface area (Å²) in [5.74, 6) is -0.141. The number of amides is 1. The van der Waals surface area contributed by atoms with E-state index in [1.807, 2.05) is 26.2 Å². The lowest BCUT2D eigenvalue weighted by molar-refractivity contribution is 0.103. The van der Waals surface area contributed by atoms with Crippen LogP contribution in [-0.4, -0.2) is 5.91 Å². The Morgan fingerprint density at radius 1 is 1.22 bits per heavy atom. The first-order valence-electron chi connectivity index (χ1n) is 5.71. The molecule has 3 N–H and O–H groups in total. The molecule has 1 aromatic heterocycles. The summed E-state index contributed by atoms with van der Waals surface area (Å²) in [5.41, 5.74) is 10.5. The van der Waals surface area contributed by atoms with Crippen LogP contribution < -0.4 is 11.1 Å². The molecule has 0 fully saturated rings. The summed E-state index contributed by atoms with van der Waals surface area (Å²) < 4.78 is 0. The number of rotatable bonds is 2. The van der Waals surface area contributed by atoms with Gasteiger partial charge < -0.3 is 11.1 Å². The molecule has 0 aliphatic rings. The zero-order valence-corrected chi connectivity index (χ0v) is 11.5. The number of carbonyl (C=O) groups excluding carboxylic acids is 1. The number of hydrogen-bond acceptors (Lipinski definition) is 3. The van der Waals surface area contributed by atoms with Gasteiger partial charge in [-0.05, 0) is 43.3 Å². The van der Waals surface area contributed by atoms with Gasteiger partial charge in [0, 0.05) is 5.69 Å². The normalized spacial score (nSPS) is 10.4. The minimum absolute atomic E-state index is 0.141. The fraction of sp³-hybridized carbons (Fsp3) is 0.214. The second-order valence-electron chi connectivity index (χ2n) is 4.43. The third kappa shape index (κ3) is 2.38. The summed E-state index contributed by atoms with van der Waals surface area (Å²) in [7, 11) is 0. The lowest BCUT2D eigenvalue weighted by Crippen LogP contribution is -2.13. The molecule has 1 amide bonds. The van der Waals surface area contributed by atoms with Crippen molar-refractivity contribution < 1.29 is 4.79 Å². The van der Waals surface area contributed by atoms with Gasteiger partial charge in [-0.15, -0.1) is 11.3 Å². The summed E-state index contributed by atoms with van der Waals surface area (Å²) >= 11 is 1.35. The molecular formula is C14H16N2OS. The molecule has 18 heavy (non-hydrogen) atoms. The first-order chi connectivity index (χ1) is 8.49. The van der Waals surface area contributed by atoms with Crippen LogP contribution in [-0.2, 0) is 0 Å². The van der Waals surface area contributed by atoms with Gasteiger partial charge in [0.05, 0.1) is 5.69 Å². The van der Waals surface area contributed by atoms with Crippen LogP contribution in [0.3, 0.4) is 0 Å². The summed E-state index contributed by atoms with van der Waals surface area (Å²) in [6.45, 7) is 6.03. The minimum Gasteiger partial charge on any atom is -0.397 e. The summed E-state index contributed by atoms with van der Waals surface area (Å²) in [6.07, 6.45) is 0. The Hall–Kier alpha value is -1.81. The number of carbonyl (C=O) groups is 1. The highest BCUT2D eigenvalue weighted by molar-refractivity contribution is 7.12. The van der Waals surface area contributed by atoms with Crippen LogP contribution >= 0.6 is 11.3 Å². The number of benzene rings is 1. The van der Waals surface area contributed by atoms with Crippen molar-refractivity contribution >= 4 is 28.6 Å². The highest BCUT2D eigenvalue weighted by Gasteiger charge is 2.13. The van der Waals surface area contributed by atoms with Crippen molar-refractivity contribution in [1.82, 2.24) is 0 Å². The highest BCUT2D eigenvalue weighted by Crippen LogP contribution is 2.25. The molecule has 0 aliphatic heterocycles. The lowest BCUT2D eigenvalue weighted by atomic mass is 10.1. The van der Waals surface area contributed by atoms with E-state index in [-0.39, 0.29) is 5.91 Å². The van der Waals surface area contributed by atoms with E-state index < -0.39 is 0 Å². The van der Waals surface area contributed by atoms with Crippen LogP contribution in [0, 0.1) is 20.8 Å². The summed E-state index contributed by atoms with van der Waals surface area (Å²) in [5, 5.41) is 4.76. The predicted octanol–water partition coefficient (Wildman–Crippen LogP) is 3.51. The number of nitrogens with one attached hydrogen (secondary N) is 1. The van der Waals surface area contributed by atoms with Crippen molar-refractivity contribution in [3.05, 3.63) is 45.1 Å². The Morgan fingerprint density at radius 2 is 1.83 bits per heavy atom. The van der Waals surface area contributed by atoms with Crippen molar-refractivity contribution in [2.75, 3.05) is 11.1 Å². The molecule has 94 valence electrons. The van der Waals surface area contributed by atoms with E-state index in [0.717, 1.165) is 16.8 Å². The van der Waals surface area contributed by atoms with E-state index in [2.05, 4.69) is 17.4 Å². The Morgan fingerprint density at radius 3 is 2.33 bits per heavy atom. The van der Waals surface area contributed by atoms with Crippen LogP contribution in [0.4, 0.5) is 11.4 Å². The smallest absolute Gasteiger partial charge is 0.267 e. The van der Waals surface area contributed by atoms with Crippen molar-refractivity contribution in [2.24, 2.45) is 0 Å². The number of thiophene rings is 1. The Labute approximate surface area is 111 Å². The molecule has 0 aliphatic carbocycles. The quantitative estimate of drug-likeness (QED) is 0.868. The maximum Gasteiger partial charge on any atom is 0.267 e. The van der Waals surface area contributed by atoms with Crippen LogP contribution in [0.2, 0.25) is 0 Å². The fourth-order valence-electron chi connectivity index (χ4n) is 2.05.